The van der Waals surface area contributed by atoms with E-state index in [1.807, 2.05) is 11.0 Å². The van der Waals surface area contributed by atoms with Crippen molar-refractivity contribution in [3.8, 4) is 0 Å². The zero-order valence-corrected chi connectivity index (χ0v) is 13.5. The second kappa shape index (κ2) is 6.69. The van der Waals surface area contributed by atoms with Crippen LogP contribution in [0.5, 0.6) is 0 Å². The average Bonchev–Trinajstić information content (AvgIpc) is 2.93. The number of hydrogen-bond acceptors (Lipinski definition) is 3. The van der Waals surface area contributed by atoms with E-state index in [0.29, 0.717) is 6.61 Å². The minimum absolute atomic E-state index is 0.0398. The van der Waals surface area contributed by atoms with Crippen LogP contribution >= 0.6 is 0 Å². The summed E-state index contributed by atoms with van der Waals surface area (Å²) < 4.78 is 5.42. The van der Waals surface area contributed by atoms with E-state index in [1.54, 1.807) is 0 Å². The third-order valence-corrected chi connectivity index (χ3v) is 4.83. The van der Waals surface area contributed by atoms with Crippen LogP contribution in [0.15, 0.2) is 30.3 Å². The molecule has 1 amide bonds. The molecule has 2 fully saturated rings. The molecule has 2 aliphatic rings. The van der Waals surface area contributed by atoms with Gasteiger partial charge in [-0.15, -0.1) is 0 Å². The Kier molecular flexibility index (Phi) is 4.67. The number of amides is 1. The summed E-state index contributed by atoms with van der Waals surface area (Å²) in [4.78, 5) is 16.7. The number of likely N-dealkylation sites (tertiary alicyclic amines) is 2. The quantitative estimate of drug-likeness (QED) is 0.783. The van der Waals surface area contributed by atoms with E-state index in [2.05, 4.69) is 36.1 Å². The van der Waals surface area contributed by atoms with Crippen molar-refractivity contribution in [3.05, 3.63) is 35.9 Å². The van der Waals surface area contributed by atoms with E-state index in [0.717, 1.165) is 51.9 Å². The van der Waals surface area contributed by atoms with Gasteiger partial charge in [0.15, 0.2) is 0 Å². The van der Waals surface area contributed by atoms with Crippen LogP contribution in [0.25, 0.3) is 0 Å². The van der Waals surface area contributed by atoms with Gasteiger partial charge in [-0.25, -0.2) is 4.79 Å². The molecule has 22 heavy (non-hydrogen) atoms. The van der Waals surface area contributed by atoms with Crippen molar-refractivity contribution >= 4 is 6.09 Å². The maximum atomic E-state index is 12.3. The number of carbonyl (C=O) groups excluding carboxylic acids is 1. The van der Waals surface area contributed by atoms with Crippen LogP contribution in [-0.2, 0) is 11.3 Å². The Bertz CT molecular complexity index is 497. The molecule has 4 heteroatoms. The Morgan fingerprint density at radius 2 is 2.05 bits per heavy atom. The third kappa shape index (κ3) is 3.12. The molecule has 4 nitrogen and oxygen atoms in total. The molecule has 1 spiro atoms. The molecule has 120 valence electrons. The fraction of sp³-hybridized carbons (Fsp3) is 0.611. The Balaban J connectivity index is 1.52. The molecular weight excluding hydrogens is 276 g/mol. The second-order valence-electron chi connectivity index (χ2n) is 6.58. The molecule has 0 aromatic heterocycles. The topological polar surface area (TPSA) is 32.8 Å². The third-order valence-electron chi connectivity index (χ3n) is 4.83. The van der Waals surface area contributed by atoms with Gasteiger partial charge in [0.05, 0.1) is 12.1 Å². The van der Waals surface area contributed by atoms with Gasteiger partial charge >= 0.3 is 6.09 Å². The number of ether oxygens (including phenoxy) is 1. The molecule has 1 aromatic rings. The lowest BCUT2D eigenvalue weighted by atomic mass is 9.86. The van der Waals surface area contributed by atoms with Crippen LogP contribution in [0, 0.1) is 0 Å². The molecule has 1 aromatic carbocycles. The maximum Gasteiger partial charge on any atom is 0.410 e. The van der Waals surface area contributed by atoms with Crippen LogP contribution in [0.2, 0.25) is 0 Å². The number of rotatable bonds is 5. The van der Waals surface area contributed by atoms with E-state index < -0.39 is 0 Å². The molecule has 2 saturated heterocycles. The average molecular weight is 302 g/mol. The summed E-state index contributed by atoms with van der Waals surface area (Å²) >= 11 is 0. The Morgan fingerprint density at radius 1 is 1.27 bits per heavy atom. The SMILES string of the molecule is CCCCOC(=O)N1CCCC12CN(Cc1ccccc1)C2. The summed E-state index contributed by atoms with van der Waals surface area (Å²) in [6.45, 7) is 6.44. The Hall–Kier alpha value is -1.55. The Labute approximate surface area is 133 Å². The molecule has 0 N–H and O–H groups in total. The number of unbranched alkanes of at least 4 members (excludes halogenated alkanes) is 1. The minimum atomic E-state index is -0.106. The fourth-order valence-corrected chi connectivity index (χ4v) is 3.67. The van der Waals surface area contributed by atoms with E-state index in [1.165, 1.54) is 5.56 Å². The van der Waals surface area contributed by atoms with Crippen LogP contribution in [0.4, 0.5) is 4.79 Å². The zero-order chi connectivity index (χ0) is 15.4. The van der Waals surface area contributed by atoms with Crippen molar-refractivity contribution in [2.75, 3.05) is 26.2 Å². The van der Waals surface area contributed by atoms with Gasteiger partial charge in [-0.2, -0.15) is 0 Å². The summed E-state index contributed by atoms with van der Waals surface area (Å²) in [6.07, 6.45) is 4.12. The molecule has 3 rings (SSSR count). The van der Waals surface area contributed by atoms with Gasteiger partial charge in [-0.05, 0) is 24.8 Å². The van der Waals surface area contributed by atoms with Crippen LogP contribution in [0.3, 0.4) is 0 Å². The fourth-order valence-electron chi connectivity index (χ4n) is 3.67. The predicted molar refractivity (Wildman–Crippen MR) is 86.6 cm³/mol. The van der Waals surface area contributed by atoms with Gasteiger partial charge in [0, 0.05) is 26.2 Å². The van der Waals surface area contributed by atoms with E-state index in [-0.39, 0.29) is 11.6 Å². The van der Waals surface area contributed by atoms with Gasteiger partial charge in [-0.1, -0.05) is 43.7 Å². The van der Waals surface area contributed by atoms with Crippen molar-refractivity contribution in [3.63, 3.8) is 0 Å². The molecule has 2 heterocycles. The van der Waals surface area contributed by atoms with Crippen molar-refractivity contribution in [2.24, 2.45) is 0 Å². The molecule has 0 aliphatic carbocycles. The number of hydrogen-bond donors (Lipinski definition) is 0. The van der Waals surface area contributed by atoms with Gasteiger partial charge in [0.25, 0.3) is 0 Å². The van der Waals surface area contributed by atoms with Crippen LogP contribution < -0.4 is 0 Å². The summed E-state index contributed by atoms with van der Waals surface area (Å²) in [5.41, 5.74) is 1.38. The van der Waals surface area contributed by atoms with Gasteiger partial charge < -0.3 is 4.74 Å². The van der Waals surface area contributed by atoms with Crippen molar-refractivity contribution in [1.29, 1.82) is 0 Å². The smallest absolute Gasteiger partial charge is 0.410 e. The monoisotopic (exact) mass is 302 g/mol. The first-order valence-corrected chi connectivity index (χ1v) is 8.44. The maximum absolute atomic E-state index is 12.3. The molecule has 0 unspecified atom stereocenters. The molecular formula is C18H26N2O2. The highest BCUT2D eigenvalue weighted by Gasteiger charge is 2.52. The predicted octanol–water partition coefficient (Wildman–Crippen LogP) is 3.27. The normalized spacial score (nSPS) is 20.1. The first kappa shape index (κ1) is 15.3. The zero-order valence-electron chi connectivity index (χ0n) is 13.5. The second-order valence-corrected chi connectivity index (χ2v) is 6.58. The van der Waals surface area contributed by atoms with Crippen molar-refractivity contribution in [1.82, 2.24) is 9.80 Å². The molecule has 0 bridgehead atoms. The lowest BCUT2D eigenvalue weighted by molar-refractivity contribution is -0.0315. The first-order chi connectivity index (χ1) is 10.7. The lowest BCUT2D eigenvalue weighted by Gasteiger charge is -2.52. The summed E-state index contributed by atoms with van der Waals surface area (Å²) in [5, 5.41) is 0. The standard InChI is InChI=1S/C18H26N2O2/c1-2-3-12-22-17(21)20-11-7-10-18(20)14-19(15-18)13-16-8-5-4-6-9-16/h4-6,8-9H,2-3,7,10-15H2,1H3. The molecule has 0 atom stereocenters. The van der Waals surface area contributed by atoms with E-state index >= 15 is 0 Å². The van der Waals surface area contributed by atoms with Gasteiger partial charge in [-0.3, -0.25) is 9.80 Å². The summed E-state index contributed by atoms with van der Waals surface area (Å²) in [7, 11) is 0. The number of carbonyl (C=O) groups is 1. The van der Waals surface area contributed by atoms with E-state index in [4.69, 9.17) is 4.74 Å². The Morgan fingerprint density at radius 3 is 2.77 bits per heavy atom. The molecule has 0 radical (unpaired) electrons. The summed E-state index contributed by atoms with van der Waals surface area (Å²) in [6, 6.07) is 10.5. The highest BCUT2D eigenvalue weighted by Crippen LogP contribution is 2.38. The number of nitrogens with zero attached hydrogens (tertiary/aromatic N) is 2. The lowest BCUT2D eigenvalue weighted by Crippen LogP contribution is -2.68. The van der Waals surface area contributed by atoms with Gasteiger partial charge in [0.1, 0.15) is 0 Å². The van der Waals surface area contributed by atoms with Crippen molar-refractivity contribution in [2.45, 2.75) is 44.7 Å². The van der Waals surface area contributed by atoms with E-state index in [9.17, 15) is 4.79 Å². The van der Waals surface area contributed by atoms with Crippen molar-refractivity contribution < 1.29 is 9.53 Å². The van der Waals surface area contributed by atoms with Gasteiger partial charge in [0.2, 0.25) is 0 Å². The number of benzene rings is 1. The molecule has 0 saturated carbocycles. The van der Waals surface area contributed by atoms with Crippen LogP contribution in [0.1, 0.15) is 38.2 Å². The highest BCUT2D eigenvalue weighted by atomic mass is 16.6. The largest absolute Gasteiger partial charge is 0.449 e. The molecule has 2 aliphatic heterocycles. The highest BCUT2D eigenvalue weighted by molar-refractivity contribution is 5.69. The van der Waals surface area contributed by atoms with Crippen LogP contribution in [-0.4, -0.2) is 47.7 Å². The first-order valence-electron chi connectivity index (χ1n) is 8.44. The summed E-state index contributed by atoms with van der Waals surface area (Å²) in [5.74, 6) is 0. The minimum Gasteiger partial charge on any atom is -0.449 e.